The zero-order valence-corrected chi connectivity index (χ0v) is 11.8. The molecule has 1 fully saturated rings. The fraction of sp³-hybridized carbons (Fsp3) is 0.636. The summed E-state index contributed by atoms with van der Waals surface area (Å²) in [7, 11) is -2.99. The van der Waals surface area contributed by atoms with Crippen molar-refractivity contribution in [1.29, 1.82) is 0 Å². The molecule has 1 amide bonds. The van der Waals surface area contributed by atoms with Crippen LogP contribution in [0.4, 0.5) is 0 Å². The average Bonchev–Trinajstić information content (AvgIpc) is 2.85. The van der Waals surface area contributed by atoms with Gasteiger partial charge in [-0.1, -0.05) is 0 Å². The molecule has 1 aromatic heterocycles. The number of hydrogen-bond donors (Lipinski definition) is 1. The molecule has 1 saturated heterocycles. The van der Waals surface area contributed by atoms with Gasteiger partial charge in [0.05, 0.1) is 22.4 Å². The number of thiazole rings is 1. The molecule has 0 aliphatic carbocycles. The second-order valence-electron chi connectivity index (χ2n) is 4.52. The predicted octanol–water partition coefficient (Wildman–Crippen LogP) is 0.545. The van der Waals surface area contributed by atoms with Gasteiger partial charge in [0.1, 0.15) is 0 Å². The van der Waals surface area contributed by atoms with Crippen molar-refractivity contribution in [2.75, 3.05) is 18.1 Å². The van der Waals surface area contributed by atoms with E-state index < -0.39 is 9.84 Å². The van der Waals surface area contributed by atoms with E-state index in [0.29, 0.717) is 19.4 Å². The van der Waals surface area contributed by atoms with Crippen LogP contribution in [0.25, 0.3) is 0 Å². The zero-order valence-electron chi connectivity index (χ0n) is 10.2. The van der Waals surface area contributed by atoms with Gasteiger partial charge in [0.2, 0.25) is 5.91 Å². The number of amides is 1. The summed E-state index contributed by atoms with van der Waals surface area (Å²) in [5, 5.41) is 5.75. The number of rotatable bonds is 4. The number of aromatic nitrogens is 1. The number of aryl methyl sites for hydroxylation is 1. The molecular weight excluding hydrogens is 272 g/mol. The van der Waals surface area contributed by atoms with E-state index in [2.05, 4.69) is 10.3 Å². The molecule has 2 rings (SSSR count). The summed E-state index contributed by atoms with van der Waals surface area (Å²) >= 11 is 1.57. The molecule has 5 nitrogen and oxygen atoms in total. The Labute approximate surface area is 111 Å². The lowest BCUT2D eigenvalue weighted by molar-refractivity contribution is -0.124. The first-order valence-electron chi connectivity index (χ1n) is 5.85. The fourth-order valence-electron chi connectivity index (χ4n) is 1.96. The molecule has 1 aromatic rings. The van der Waals surface area contributed by atoms with Crippen molar-refractivity contribution in [3.63, 3.8) is 0 Å². The second kappa shape index (κ2) is 5.36. The summed E-state index contributed by atoms with van der Waals surface area (Å²) in [4.78, 5) is 16.0. The maximum absolute atomic E-state index is 11.7. The molecule has 2 heterocycles. The van der Waals surface area contributed by atoms with Crippen LogP contribution in [0.5, 0.6) is 0 Å². The van der Waals surface area contributed by atoms with E-state index in [9.17, 15) is 13.2 Å². The summed E-state index contributed by atoms with van der Waals surface area (Å²) in [5.41, 5.74) is 0.989. The van der Waals surface area contributed by atoms with Crippen molar-refractivity contribution in [3.8, 4) is 0 Å². The van der Waals surface area contributed by atoms with Gasteiger partial charge in [0.25, 0.3) is 0 Å². The summed E-state index contributed by atoms with van der Waals surface area (Å²) in [5.74, 6) is -0.385. The summed E-state index contributed by atoms with van der Waals surface area (Å²) in [6, 6.07) is 0. The van der Waals surface area contributed by atoms with E-state index in [4.69, 9.17) is 0 Å². The molecule has 0 saturated carbocycles. The maximum atomic E-state index is 11.7. The van der Waals surface area contributed by atoms with Crippen molar-refractivity contribution >= 4 is 27.1 Å². The molecule has 0 bridgehead atoms. The number of nitrogens with one attached hydrogen (secondary N) is 1. The third kappa shape index (κ3) is 3.52. The molecule has 18 heavy (non-hydrogen) atoms. The zero-order chi connectivity index (χ0) is 13.2. The van der Waals surface area contributed by atoms with Crippen molar-refractivity contribution in [2.45, 2.75) is 19.8 Å². The molecule has 0 spiro atoms. The summed E-state index contributed by atoms with van der Waals surface area (Å²) < 4.78 is 22.5. The Balaban J connectivity index is 1.76. The monoisotopic (exact) mass is 288 g/mol. The number of sulfone groups is 1. The highest BCUT2D eigenvalue weighted by Gasteiger charge is 2.32. The van der Waals surface area contributed by atoms with Crippen LogP contribution in [0.15, 0.2) is 5.38 Å². The predicted molar refractivity (Wildman–Crippen MR) is 70.3 cm³/mol. The molecule has 1 aliphatic heterocycles. The van der Waals surface area contributed by atoms with E-state index in [1.54, 1.807) is 11.3 Å². The van der Waals surface area contributed by atoms with Crippen molar-refractivity contribution in [1.82, 2.24) is 10.3 Å². The highest BCUT2D eigenvalue weighted by atomic mass is 32.2. The molecule has 0 aromatic carbocycles. The largest absolute Gasteiger partial charge is 0.355 e. The minimum absolute atomic E-state index is 0.00477. The van der Waals surface area contributed by atoms with Gasteiger partial charge >= 0.3 is 0 Å². The van der Waals surface area contributed by atoms with Crippen LogP contribution in [0.2, 0.25) is 0 Å². The first-order chi connectivity index (χ1) is 8.46. The minimum Gasteiger partial charge on any atom is -0.355 e. The summed E-state index contributed by atoms with van der Waals surface area (Å²) in [6.07, 6.45) is 1.15. The van der Waals surface area contributed by atoms with Gasteiger partial charge in [-0.2, -0.15) is 0 Å². The van der Waals surface area contributed by atoms with Crippen molar-refractivity contribution < 1.29 is 13.2 Å². The van der Waals surface area contributed by atoms with E-state index in [1.807, 2.05) is 12.3 Å². The first kappa shape index (κ1) is 13.5. The molecule has 0 radical (unpaired) electrons. The number of nitrogens with zero attached hydrogens (tertiary/aromatic N) is 1. The standard InChI is InChI=1S/C11H16N2O3S2/c1-8-6-17-10(13-8)2-4-12-11(14)9-3-5-18(15,16)7-9/h6,9H,2-5,7H2,1H3,(H,12,14). The van der Waals surface area contributed by atoms with E-state index >= 15 is 0 Å². The lowest BCUT2D eigenvalue weighted by Gasteiger charge is -2.08. The molecule has 100 valence electrons. The lowest BCUT2D eigenvalue weighted by atomic mass is 10.1. The van der Waals surface area contributed by atoms with Crippen LogP contribution in [0, 0.1) is 12.8 Å². The average molecular weight is 288 g/mol. The van der Waals surface area contributed by atoms with Gasteiger partial charge in [-0.15, -0.1) is 11.3 Å². The van der Waals surface area contributed by atoms with Crippen LogP contribution in [-0.2, 0) is 21.1 Å². The maximum Gasteiger partial charge on any atom is 0.224 e. The Morgan fingerprint density at radius 2 is 2.39 bits per heavy atom. The molecular formula is C11H16N2O3S2. The highest BCUT2D eigenvalue weighted by Crippen LogP contribution is 2.18. The smallest absolute Gasteiger partial charge is 0.224 e. The first-order valence-corrected chi connectivity index (χ1v) is 8.55. The van der Waals surface area contributed by atoms with E-state index in [1.165, 1.54) is 0 Å². The Bertz CT molecular complexity index is 536. The number of hydrogen-bond acceptors (Lipinski definition) is 5. The van der Waals surface area contributed by atoms with Gasteiger partial charge in [-0.25, -0.2) is 13.4 Å². The van der Waals surface area contributed by atoms with Crippen LogP contribution in [-0.4, -0.2) is 37.4 Å². The SMILES string of the molecule is Cc1csc(CCNC(=O)C2CCS(=O)(=O)C2)n1. The molecule has 1 aliphatic rings. The fourth-order valence-corrected chi connectivity index (χ4v) is 4.47. The Morgan fingerprint density at radius 3 is 2.94 bits per heavy atom. The van der Waals surface area contributed by atoms with Crippen LogP contribution >= 0.6 is 11.3 Å². The highest BCUT2D eigenvalue weighted by molar-refractivity contribution is 7.91. The normalized spacial score (nSPS) is 21.9. The van der Waals surface area contributed by atoms with Gasteiger partial charge < -0.3 is 5.32 Å². The Morgan fingerprint density at radius 1 is 1.61 bits per heavy atom. The Hall–Kier alpha value is -0.950. The third-order valence-corrected chi connectivity index (χ3v) is 5.70. The van der Waals surface area contributed by atoms with Gasteiger partial charge in [-0.05, 0) is 13.3 Å². The van der Waals surface area contributed by atoms with Crippen molar-refractivity contribution in [3.05, 3.63) is 16.1 Å². The molecule has 1 N–H and O–H groups in total. The van der Waals surface area contributed by atoms with Crippen LogP contribution < -0.4 is 5.32 Å². The van der Waals surface area contributed by atoms with E-state index in [0.717, 1.165) is 10.7 Å². The lowest BCUT2D eigenvalue weighted by Crippen LogP contribution is -2.32. The molecule has 1 atom stereocenters. The van der Waals surface area contributed by atoms with Crippen molar-refractivity contribution in [2.24, 2.45) is 5.92 Å². The van der Waals surface area contributed by atoms with Crippen LogP contribution in [0.3, 0.4) is 0 Å². The summed E-state index contributed by atoms with van der Waals surface area (Å²) in [6.45, 7) is 2.45. The number of carbonyl (C=O) groups is 1. The topological polar surface area (TPSA) is 76.1 Å². The number of carbonyl (C=O) groups excluding carboxylic acids is 1. The second-order valence-corrected chi connectivity index (χ2v) is 7.69. The van der Waals surface area contributed by atoms with Crippen LogP contribution in [0.1, 0.15) is 17.1 Å². The minimum atomic E-state index is -2.99. The van der Waals surface area contributed by atoms with Gasteiger partial charge in [0.15, 0.2) is 9.84 Å². The Kier molecular flexibility index (Phi) is 4.01. The quantitative estimate of drug-likeness (QED) is 0.877. The van der Waals surface area contributed by atoms with Gasteiger partial charge in [-0.3, -0.25) is 4.79 Å². The third-order valence-electron chi connectivity index (χ3n) is 2.91. The molecule has 7 heteroatoms. The van der Waals surface area contributed by atoms with Gasteiger partial charge in [0, 0.05) is 24.0 Å². The van der Waals surface area contributed by atoms with E-state index in [-0.39, 0.29) is 23.3 Å². The molecule has 1 unspecified atom stereocenters.